The maximum absolute atomic E-state index is 13.3. The van der Waals surface area contributed by atoms with Gasteiger partial charge in [-0.05, 0) is 36.2 Å². The molecule has 0 saturated heterocycles. The highest BCUT2D eigenvalue weighted by atomic mass is 35.5. The molecule has 0 aliphatic carbocycles. The molecule has 2 aromatic carbocycles. The fourth-order valence-electron chi connectivity index (χ4n) is 1.55. The first-order valence-electron chi connectivity index (χ1n) is 5.28. The van der Waals surface area contributed by atoms with Crippen LogP contribution in [0.15, 0.2) is 42.5 Å². The van der Waals surface area contributed by atoms with Gasteiger partial charge < -0.3 is 4.74 Å². The smallest absolute Gasteiger partial charge is 0.130 e. The summed E-state index contributed by atoms with van der Waals surface area (Å²) in [5.41, 5.74) is 1.71. The Morgan fingerprint density at radius 3 is 2.65 bits per heavy atom. The molecule has 2 rings (SSSR count). The molecule has 0 heterocycles. The average molecular weight is 251 g/mol. The molecule has 0 bridgehead atoms. The van der Waals surface area contributed by atoms with E-state index in [1.807, 2.05) is 31.2 Å². The summed E-state index contributed by atoms with van der Waals surface area (Å²) in [4.78, 5) is 0. The van der Waals surface area contributed by atoms with Crippen LogP contribution in [0.5, 0.6) is 11.5 Å². The van der Waals surface area contributed by atoms with E-state index in [1.165, 1.54) is 12.1 Å². The lowest BCUT2D eigenvalue weighted by molar-refractivity contribution is 0.472. The molecule has 0 amide bonds. The van der Waals surface area contributed by atoms with Crippen molar-refractivity contribution in [2.24, 2.45) is 0 Å². The fourth-order valence-corrected chi connectivity index (χ4v) is 1.71. The van der Waals surface area contributed by atoms with E-state index in [2.05, 4.69) is 0 Å². The van der Waals surface area contributed by atoms with E-state index in [0.29, 0.717) is 11.3 Å². The summed E-state index contributed by atoms with van der Waals surface area (Å²) in [7, 11) is 0. The monoisotopic (exact) mass is 250 g/mol. The number of hydrogen-bond donors (Lipinski definition) is 0. The number of alkyl halides is 1. The summed E-state index contributed by atoms with van der Waals surface area (Å²) in [6, 6.07) is 12.1. The lowest BCUT2D eigenvalue weighted by Crippen LogP contribution is -1.90. The minimum Gasteiger partial charge on any atom is -0.457 e. The molecular weight excluding hydrogens is 239 g/mol. The van der Waals surface area contributed by atoms with Crippen LogP contribution in [0.2, 0.25) is 0 Å². The quantitative estimate of drug-likeness (QED) is 0.720. The van der Waals surface area contributed by atoms with Gasteiger partial charge in [0, 0.05) is 11.9 Å². The number of benzene rings is 2. The molecule has 88 valence electrons. The van der Waals surface area contributed by atoms with Gasteiger partial charge in [0.05, 0.1) is 0 Å². The zero-order valence-electron chi connectivity index (χ0n) is 9.41. The predicted molar refractivity (Wildman–Crippen MR) is 67.2 cm³/mol. The van der Waals surface area contributed by atoms with Gasteiger partial charge in [-0.3, -0.25) is 0 Å². The third-order valence-electron chi connectivity index (χ3n) is 2.41. The first-order chi connectivity index (χ1) is 8.19. The van der Waals surface area contributed by atoms with E-state index >= 15 is 0 Å². The van der Waals surface area contributed by atoms with E-state index in [9.17, 15) is 4.39 Å². The van der Waals surface area contributed by atoms with Crippen LogP contribution >= 0.6 is 11.6 Å². The van der Waals surface area contributed by atoms with Gasteiger partial charge >= 0.3 is 0 Å². The van der Waals surface area contributed by atoms with Crippen LogP contribution < -0.4 is 4.74 Å². The Morgan fingerprint density at radius 1 is 1.18 bits per heavy atom. The Balaban J connectivity index is 2.30. The Morgan fingerprint density at radius 2 is 1.94 bits per heavy atom. The van der Waals surface area contributed by atoms with Crippen molar-refractivity contribution in [2.45, 2.75) is 12.8 Å². The average Bonchev–Trinajstić information content (AvgIpc) is 2.31. The van der Waals surface area contributed by atoms with Gasteiger partial charge in [-0.1, -0.05) is 18.2 Å². The van der Waals surface area contributed by atoms with Crippen molar-refractivity contribution in [3.05, 3.63) is 59.4 Å². The van der Waals surface area contributed by atoms with E-state index in [4.69, 9.17) is 16.3 Å². The van der Waals surface area contributed by atoms with Gasteiger partial charge in [-0.15, -0.1) is 11.6 Å². The van der Waals surface area contributed by atoms with Gasteiger partial charge in [-0.25, -0.2) is 4.39 Å². The highest BCUT2D eigenvalue weighted by molar-refractivity contribution is 6.17. The van der Waals surface area contributed by atoms with Crippen molar-refractivity contribution in [1.82, 2.24) is 0 Å². The van der Waals surface area contributed by atoms with Gasteiger partial charge in [-0.2, -0.15) is 0 Å². The van der Waals surface area contributed by atoms with Crippen LogP contribution in [0.3, 0.4) is 0 Å². The van der Waals surface area contributed by atoms with Crippen molar-refractivity contribution in [1.29, 1.82) is 0 Å². The van der Waals surface area contributed by atoms with E-state index in [0.717, 1.165) is 11.3 Å². The van der Waals surface area contributed by atoms with Crippen LogP contribution in [-0.4, -0.2) is 0 Å². The first kappa shape index (κ1) is 11.9. The van der Waals surface area contributed by atoms with Crippen molar-refractivity contribution < 1.29 is 9.13 Å². The van der Waals surface area contributed by atoms with Crippen molar-refractivity contribution in [2.75, 3.05) is 0 Å². The highest BCUT2D eigenvalue weighted by Gasteiger charge is 2.04. The second-order valence-corrected chi connectivity index (χ2v) is 4.06. The molecule has 0 spiro atoms. The maximum atomic E-state index is 13.3. The molecule has 0 N–H and O–H groups in total. The minimum absolute atomic E-state index is 0.266. The second kappa shape index (κ2) is 5.19. The normalized spacial score (nSPS) is 10.3. The Hall–Kier alpha value is -1.54. The van der Waals surface area contributed by atoms with Crippen LogP contribution in [-0.2, 0) is 5.88 Å². The summed E-state index contributed by atoms with van der Waals surface area (Å²) in [5.74, 6) is 1.11. The van der Waals surface area contributed by atoms with Gasteiger partial charge in [0.25, 0.3) is 0 Å². The van der Waals surface area contributed by atoms with Crippen molar-refractivity contribution >= 4 is 11.6 Å². The molecule has 0 aromatic heterocycles. The Bertz CT molecular complexity index is 525. The molecule has 0 aliphatic heterocycles. The topological polar surface area (TPSA) is 9.23 Å². The zero-order valence-corrected chi connectivity index (χ0v) is 10.2. The zero-order chi connectivity index (χ0) is 12.3. The molecule has 1 nitrogen and oxygen atoms in total. The molecule has 0 saturated carbocycles. The van der Waals surface area contributed by atoms with Crippen LogP contribution in [0, 0.1) is 12.7 Å². The fraction of sp³-hybridized carbons (Fsp3) is 0.143. The number of para-hydroxylation sites is 1. The van der Waals surface area contributed by atoms with Crippen LogP contribution in [0.4, 0.5) is 4.39 Å². The molecule has 0 aliphatic rings. The Kier molecular flexibility index (Phi) is 3.64. The molecule has 2 aromatic rings. The number of halogens is 2. The lowest BCUT2D eigenvalue weighted by atomic mass is 10.2. The first-order valence-corrected chi connectivity index (χ1v) is 5.81. The molecule has 0 fully saturated rings. The standard InChI is InChI=1S/C14H12ClFO/c1-10-4-2-3-5-14(10)17-13-7-11(9-15)6-12(16)8-13/h2-8H,9H2,1H3. The summed E-state index contributed by atoms with van der Waals surface area (Å²) >= 11 is 5.68. The van der Waals surface area contributed by atoms with Gasteiger partial charge in [0.1, 0.15) is 17.3 Å². The van der Waals surface area contributed by atoms with E-state index in [-0.39, 0.29) is 11.7 Å². The van der Waals surface area contributed by atoms with E-state index < -0.39 is 0 Å². The molecule has 0 unspecified atom stereocenters. The largest absolute Gasteiger partial charge is 0.457 e. The predicted octanol–water partition coefficient (Wildman–Crippen LogP) is 4.67. The molecule has 0 atom stereocenters. The SMILES string of the molecule is Cc1ccccc1Oc1cc(F)cc(CCl)c1. The van der Waals surface area contributed by atoms with Gasteiger partial charge in [0.2, 0.25) is 0 Å². The Labute approximate surface area is 105 Å². The molecule has 0 radical (unpaired) electrons. The third kappa shape index (κ3) is 2.98. The second-order valence-electron chi connectivity index (χ2n) is 3.80. The van der Waals surface area contributed by atoms with Crippen molar-refractivity contribution in [3.63, 3.8) is 0 Å². The third-order valence-corrected chi connectivity index (χ3v) is 2.72. The minimum atomic E-state index is -0.341. The summed E-state index contributed by atoms with van der Waals surface area (Å²) < 4.78 is 18.9. The number of ether oxygens (including phenoxy) is 1. The lowest BCUT2D eigenvalue weighted by Gasteiger charge is -2.09. The molecular formula is C14H12ClFO. The molecule has 17 heavy (non-hydrogen) atoms. The van der Waals surface area contributed by atoms with Crippen LogP contribution in [0.1, 0.15) is 11.1 Å². The number of hydrogen-bond acceptors (Lipinski definition) is 1. The summed E-state index contributed by atoms with van der Waals surface area (Å²) in [6.07, 6.45) is 0. The van der Waals surface area contributed by atoms with E-state index in [1.54, 1.807) is 6.07 Å². The van der Waals surface area contributed by atoms with Gasteiger partial charge in [0.15, 0.2) is 0 Å². The highest BCUT2D eigenvalue weighted by Crippen LogP contribution is 2.26. The molecule has 3 heteroatoms. The number of rotatable bonds is 3. The van der Waals surface area contributed by atoms with Crippen molar-refractivity contribution in [3.8, 4) is 11.5 Å². The summed E-state index contributed by atoms with van der Waals surface area (Å²) in [6.45, 7) is 1.94. The number of aryl methyl sites for hydroxylation is 1. The maximum Gasteiger partial charge on any atom is 0.130 e. The summed E-state index contributed by atoms with van der Waals surface area (Å²) in [5, 5.41) is 0. The van der Waals surface area contributed by atoms with Crippen LogP contribution in [0.25, 0.3) is 0 Å².